The van der Waals surface area contributed by atoms with E-state index in [0.29, 0.717) is 43.2 Å². The number of nitrogens with one attached hydrogen (secondary N) is 1. The number of benzene rings is 2. The van der Waals surface area contributed by atoms with Gasteiger partial charge >= 0.3 is 0 Å². The maximum Gasteiger partial charge on any atom is 0.277 e. The molecule has 0 aliphatic carbocycles. The lowest BCUT2D eigenvalue weighted by Gasteiger charge is -2.36. The van der Waals surface area contributed by atoms with Gasteiger partial charge in [-0.3, -0.25) is 19.7 Å². The topological polar surface area (TPSA) is 127 Å². The summed E-state index contributed by atoms with van der Waals surface area (Å²) in [5.41, 5.74) is 3.49. The first-order chi connectivity index (χ1) is 17.9. The summed E-state index contributed by atoms with van der Waals surface area (Å²) < 4.78 is 10.5. The molecule has 2 aromatic rings. The van der Waals surface area contributed by atoms with Crippen LogP contribution in [0.25, 0.3) is 0 Å². The maximum absolute atomic E-state index is 12.9. The lowest BCUT2D eigenvalue weighted by Crippen LogP contribution is -2.45. The molecule has 2 amide bonds. The van der Waals surface area contributed by atoms with Gasteiger partial charge in [-0.1, -0.05) is 0 Å². The van der Waals surface area contributed by atoms with Crippen molar-refractivity contribution in [2.45, 2.75) is 26.7 Å². The quantitative estimate of drug-likeness (QED) is 0.279. The Labute approximate surface area is 216 Å². The van der Waals surface area contributed by atoms with Gasteiger partial charge in [0.2, 0.25) is 5.91 Å². The molecule has 0 spiro atoms. The number of nitro groups is 1. The molecule has 1 unspecified atom stereocenters. The predicted molar refractivity (Wildman–Crippen MR) is 140 cm³/mol. The Bertz CT molecular complexity index is 1120. The third-order valence-corrected chi connectivity index (χ3v) is 6.23. The molecule has 0 aromatic heterocycles. The molecule has 11 nitrogen and oxygen atoms in total. The van der Waals surface area contributed by atoms with Gasteiger partial charge in [0.25, 0.3) is 11.6 Å². The molecule has 0 saturated carbocycles. The second-order valence-corrected chi connectivity index (χ2v) is 8.55. The minimum atomic E-state index is -0.484. The van der Waals surface area contributed by atoms with Crippen molar-refractivity contribution in [3.63, 3.8) is 0 Å². The fourth-order valence-electron chi connectivity index (χ4n) is 4.26. The van der Waals surface area contributed by atoms with Crippen LogP contribution in [-0.4, -0.2) is 67.7 Å². The summed E-state index contributed by atoms with van der Waals surface area (Å²) in [5.74, 6) is 0.660. The Morgan fingerprint density at radius 1 is 1.19 bits per heavy atom. The van der Waals surface area contributed by atoms with E-state index in [1.165, 1.54) is 18.3 Å². The number of carbonyl (C=O) groups is 2. The first kappa shape index (κ1) is 27.4. The molecule has 2 aromatic carbocycles. The summed E-state index contributed by atoms with van der Waals surface area (Å²) in [4.78, 5) is 39.9. The van der Waals surface area contributed by atoms with Crippen LogP contribution in [0.15, 0.2) is 47.6 Å². The van der Waals surface area contributed by atoms with Crippen LogP contribution >= 0.6 is 0 Å². The molecule has 1 aliphatic rings. The minimum absolute atomic E-state index is 0.0906. The first-order valence-electron chi connectivity index (χ1n) is 12.3. The van der Waals surface area contributed by atoms with Crippen LogP contribution in [-0.2, 0) is 9.59 Å². The average molecular weight is 512 g/mol. The molecule has 1 saturated heterocycles. The van der Waals surface area contributed by atoms with E-state index in [2.05, 4.69) is 15.4 Å². The molecule has 1 N–H and O–H groups in total. The lowest BCUT2D eigenvalue weighted by atomic mass is 9.95. The van der Waals surface area contributed by atoms with Crippen LogP contribution in [0.5, 0.6) is 11.5 Å². The van der Waals surface area contributed by atoms with Crippen molar-refractivity contribution in [2.75, 3.05) is 44.8 Å². The number of hydrogen-bond acceptors (Lipinski definition) is 8. The van der Waals surface area contributed by atoms with Crippen LogP contribution in [0, 0.1) is 16.0 Å². The number of non-ortho nitro benzene ring substituents is 1. The molecule has 1 heterocycles. The zero-order chi connectivity index (χ0) is 26.8. The van der Waals surface area contributed by atoms with Gasteiger partial charge in [0.05, 0.1) is 24.2 Å². The standard InChI is InChI=1S/C26H33N5O6/c1-4-29(5-2)26(33)19-7-6-14-30(17-19)24-13-8-21(31(34)35)15-20(24)16-27-28-25(32)18-37-23-11-9-22(36-3)10-12-23/h8-13,15-16,19H,4-7,14,17-18H2,1-3H3,(H,28,32). The average Bonchev–Trinajstić information content (AvgIpc) is 2.92. The van der Waals surface area contributed by atoms with E-state index in [-0.39, 0.29) is 24.1 Å². The van der Waals surface area contributed by atoms with Gasteiger partial charge in [0.15, 0.2) is 6.61 Å². The molecule has 198 valence electrons. The number of hydrogen-bond donors (Lipinski definition) is 1. The molecule has 1 atom stereocenters. The lowest BCUT2D eigenvalue weighted by molar-refractivity contribution is -0.384. The highest BCUT2D eigenvalue weighted by molar-refractivity contribution is 5.90. The summed E-state index contributed by atoms with van der Waals surface area (Å²) in [6.07, 6.45) is 3.00. The molecule has 11 heteroatoms. The molecular formula is C26H33N5O6. The molecule has 37 heavy (non-hydrogen) atoms. The monoisotopic (exact) mass is 511 g/mol. The Kier molecular flexibility index (Phi) is 9.82. The number of hydrazone groups is 1. The summed E-state index contributed by atoms with van der Waals surface area (Å²) >= 11 is 0. The van der Waals surface area contributed by atoms with Crippen molar-refractivity contribution in [1.29, 1.82) is 0 Å². The zero-order valence-corrected chi connectivity index (χ0v) is 21.4. The maximum atomic E-state index is 12.9. The van der Waals surface area contributed by atoms with Crippen molar-refractivity contribution in [2.24, 2.45) is 11.0 Å². The molecule has 0 bridgehead atoms. The number of rotatable bonds is 11. The summed E-state index contributed by atoms with van der Waals surface area (Å²) in [7, 11) is 1.56. The number of nitrogens with zero attached hydrogens (tertiary/aromatic N) is 4. The number of methoxy groups -OCH3 is 1. The number of anilines is 1. The van der Waals surface area contributed by atoms with Crippen LogP contribution in [0.4, 0.5) is 11.4 Å². The largest absolute Gasteiger partial charge is 0.497 e. The van der Waals surface area contributed by atoms with E-state index in [1.807, 2.05) is 18.7 Å². The van der Waals surface area contributed by atoms with Crippen LogP contribution in [0.1, 0.15) is 32.3 Å². The van der Waals surface area contributed by atoms with Gasteiger partial charge in [-0.15, -0.1) is 0 Å². The zero-order valence-electron chi connectivity index (χ0n) is 21.4. The smallest absolute Gasteiger partial charge is 0.277 e. The minimum Gasteiger partial charge on any atom is -0.497 e. The highest BCUT2D eigenvalue weighted by atomic mass is 16.6. The van der Waals surface area contributed by atoms with Crippen LogP contribution in [0.2, 0.25) is 0 Å². The van der Waals surface area contributed by atoms with Crippen molar-refractivity contribution in [1.82, 2.24) is 10.3 Å². The summed E-state index contributed by atoms with van der Waals surface area (Å²) in [5, 5.41) is 15.4. The van der Waals surface area contributed by atoms with Gasteiger partial charge in [0, 0.05) is 49.6 Å². The second-order valence-electron chi connectivity index (χ2n) is 8.55. The molecule has 3 rings (SSSR count). The normalized spacial score (nSPS) is 15.3. The summed E-state index contributed by atoms with van der Waals surface area (Å²) in [6, 6.07) is 11.3. The van der Waals surface area contributed by atoms with E-state index in [9.17, 15) is 19.7 Å². The Morgan fingerprint density at radius 3 is 2.54 bits per heavy atom. The van der Waals surface area contributed by atoms with Gasteiger partial charge in [-0.2, -0.15) is 5.10 Å². The number of piperidine rings is 1. The third-order valence-electron chi connectivity index (χ3n) is 6.23. The summed E-state index contributed by atoms with van der Waals surface area (Å²) in [6.45, 7) is 6.20. The van der Waals surface area contributed by atoms with E-state index >= 15 is 0 Å². The SMILES string of the molecule is CCN(CC)C(=O)C1CCCN(c2ccc([N+](=O)[O-])cc2C=NNC(=O)COc2ccc(OC)cc2)C1. The number of carbonyl (C=O) groups excluding carboxylic acids is 2. The van der Waals surface area contributed by atoms with E-state index in [1.54, 1.807) is 37.4 Å². The van der Waals surface area contributed by atoms with Gasteiger partial charge < -0.3 is 19.3 Å². The van der Waals surface area contributed by atoms with Crippen molar-refractivity contribution < 1.29 is 24.0 Å². The van der Waals surface area contributed by atoms with Crippen molar-refractivity contribution in [3.8, 4) is 11.5 Å². The van der Waals surface area contributed by atoms with Gasteiger partial charge in [0.1, 0.15) is 11.5 Å². The highest BCUT2D eigenvalue weighted by Gasteiger charge is 2.29. The molecule has 0 radical (unpaired) electrons. The Morgan fingerprint density at radius 2 is 1.89 bits per heavy atom. The number of nitro benzene ring substituents is 1. The third kappa shape index (κ3) is 7.42. The molecular weight excluding hydrogens is 478 g/mol. The molecule has 1 aliphatic heterocycles. The van der Waals surface area contributed by atoms with Crippen LogP contribution in [0.3, 0.4) is 0 Å². The fourth-order valence-corrected chi connectivity index (χ4v) is 4.26. The Balaban J connectivity index is 1.69. The number of ether oxygens (including phenoxy) is 2. The predicted octanol–water partition coefficient (Wildman–Crippen LogP) is 3.22. The van der Waals surface area contributed by atoms with Crippen LogP contribution < -0.4 is 19.8 Å². The van der Waals surface area contributed by atoms with Crippen molar-refractivity contribution >= 4 is 29.4 Å². The fraction of sp³-hybridized carbons (Fsp3) is 0.423. The van der Waals surface area contributed by atoms with Gasteiger partial charge in [-0.25, -0.2) is 5.43 Å². The van der Waals surface area contributed by atoms with E-state index in [0.717, 1.165) is 18.5 Å². The number of amides is 2. The van der Waals surface area contributed by atoms with E-state index < -0.39 is 10.8 Å². The van der Waals surface area contributed by atoms with Crippen molar-refractivity contribution in [3.05, 3.63) is 58.1 Å². The second kappa shape index (κ2) is 13.2. The Hall–Kier alpha value is -4.15. The van der Waals surface area contributed by atoms with E-state index in [4.69, 9.17) is 9.47 Å². The van der Waals surface area contributed by atoms with Gasteiger partial charge in [-0.05, 0) is 57.0 Å². The first-order valence-corrected chi connectivity index (χ1v) is 12.3. The molecule has 1 fully saturated rings. The highest BCUT2D eigenvalue weighted by Crippen LogP contribution is 2.29.